The standard InChI is InChI=1S/C22H29N3O4/c26-22(16-18-3-5-19(6-4-18)24-7-12-27-13-8-24)23-17-20(21-2-1-11-29-21)25-9-14-28-15-10-25/h1-6,11,20H,7-10,12-17H2,(H,23,26). The molecule has 1 N–H and O–H groups in total. The molecule has 2 aromatic rings. The van der Waals surface area contributed by atoms with Crippen LogP contribution in [-0.4, -0.2) is 70.0 Å². The summed E-state index contributed by atoms with van der Waals surface area (Å²) in [5.74, 6) is 0.899. The van der Waals surface area contributed by atoms with Crippen molar-refractivity contribution >= 4 is 11.6 Å². The van der Waals surface area contributed by atoms with Gasteiger partial charge in [0.05, 0.1) is 45.2 Å². The first-order valence-electron chi connectivity index (χ1n) is 10.3. The Labute approximate surface area is 171 Å². The molecule has 1 unspecified atom stereocenters. The first-order valence-corrected chi connectivity index (χ1v) is 10.3. The number of morpholine rings is 2. The smallest absolute Gasteiger partial charge is 0.224 e. The van der Waals surface area contributed by atoms with E-state index in [1.807, 2.05) is 24.3 Å². The molecular formula is C22H29N3O4. The lowest BCUT2D eigenvalue weighted by Crippen LogP contribution is -2.43. The molecule has 29 heavy (non-hydrogen) atoms. The predicted octanol–water partition coefficient (Wildman–Crippen LogP) is 1.85. The van der Waals surface area contributed by atoms with E-state index in [1.54, 1.807) is 6.26 Å². The van der Waals surface area contributed by atoms with Crippen molar-refractivity contribution < 1.29 is 18.7 Å². The molecule has 1 aromatic carbocycles. The Bertz CT molecular complexity index is 751. The van der Waals surface area contributed by atoms with Gasteiger partial charge in [0.25, 0.3) is 0 Å². The van der Waals surface area contributed by atoms with E-state index in [-0.39, 0.29) is 11.9 Å². The highest BCUT2D eigenvalue weighted by atomic mass is 16.5. The van der Waals surface area contributed by atoms with Crippen molar-refractivity contribution in [3.8, 4) is 0 Å². The lowest BCUT2D eigenvalue weighted by atomic mass is 10.1. The second kappa shape index (κ2) is 9.91. The SMILES string of the molecule is O=C(Cc1ccc(N2CCOCC2)cc1)NCC(c1ccco1)N1CCOCC1. The fraction of sp³-hybridized carbons (Fsp3) is 0.500. The first kappa shape index (κ1) is 19.9. The quantitative estimate of drug-likeness (QED) is 0.767. The van der Waals surface area contributed by atoms with Crippen molar-refractivity contribution in [1.82, 2.24) is 10.2 Å². The summed E-state index contributed by atoms with van der Waals surface area (Å²) < 4.78 is 16.5. The average Bonchev–Trinajstić information content (AvgIpc) is 3.30. The van der Waals surface area contributed by atoms with E-state index in [9.17, 15) is 4.79 Å². The molecular weight excluding hydrogens is 370 g/mol. The van der Waals surface area contributed by atoms with E-state index in [4.69, 9.17) is 13.9 Å². The topological polar surface area (TPSA) is 67.2 Å². The van der Waals surface area contributed by atoms with Crippen LogP contribution in [0.4, 0.5) is 5.69 Å². The Morgan fingerprint density at radius 3 is 2.31 bits per heavy atom. The van der Waals surface area contributed by atoms with E-state index in [2.05, 4.69) is 27.2 Å². The number of hydrogen-bond acceptors (Lipinski definition) is 6. The summed E-state index contributed by atoms with van der Waals surface area (Å²) in [6, 6.07) is 12.1. The van der Waals surface area contributed by atoms with Gasteiger partial charge < -0.3 is 24.1 Å². The average molecular weight is 399 g/mol. The lowest BCUT2D eigenvalue weighted by molar-refractivity contribution is -0.120. The number of amides is 1. The summed E-state index contributed by atoms with van der Waals surface area (Å²) in [4.78, 5) is 17.2. The number of nitrogens with one attached hydrogen (secondary N) is 1. The highest BCUT2D eigenvalue weighted by molar-refractivity contribution is 5.78. The molecule has 1 aromatic heterocycles. The maximum atomic E-state index is 12.5. The monoisotopic (exact) mass is 399 g/mol. The van der Waals surface area contributed by atoms with Crippen molar-refractivity contribution in [3.05, 3.63) is 54.0 Å². The Hall–Kier alpha value is -2.35. The number of benzene rings is 1. The molecule has 0 bridgehead atoms. The molecule has 4 rings (SSSR count). The van der Waals surface area contributed by atoms with Gasteiger partial charge in [-0.25, -0.2) is 0 Å². The minimum absolute atomic E-state index is 0.0222. The molecule has 1 amide bonds. The molecule has 0 aliphatic carbocycles. The van der Waals surface area contributed by atoms with Crippen LogP contribution in [0.5, 0.6) is 0 Å². The summed E-state index contributed by atoms with van der Waals surface area (Å²) in [5, 5.41) is 3.09. The minimum atomic E-state index is 0.0222. The molecule has 2 saturated heterocycles. The molecule has 1 atom stereocenters. The number of nitrogens with zero attached hydrogens (tertiary/aromatic N) is 2. The van der Waals surface area contributed by atoms with Crippen molar-refractivity contribution in [2.75, 3.05) is 64.1 Å². The number of hydrogen-bond donors (Lipinski definition) is 1. The van der Waals surface area contributed by atoms with Crippen molar-refractivity contribution in [3.63, 3.8) is 0 Å². The predicted molar refractivity (Wildman–Crippen MR) is 110 cm³/mol. The highest BCUT2D eigenvalue weighted by Crippen LogP contribution is 2.22. The lowest BCUT2D eigenvalue weighted by Gasteiger charge is -2.33. The molecule has 156 valence electrons. The van der Waals surface area contributed by atoms with E-state index in [1.165, 1.54) is 5.69 Å². The van der Waals surface area contributed by atoms with Gasteiger partial charge in [-0.15, -0.1) is 0 Å². The zero-order valence-electron chi connectivity index (χ0n) is 16.7. The van der Waals surface area contributed by atoms with Crippen LogP contribution >= 0.6 is 0 Å². The van der Waals surface area contributed by atoms with E-state index >= 15 is 0 Å². The van der Waals surface area contributed by atoms with Crippen LogP contribution in [0.15, 0.2) is 47.1 Å². The number of carbonyl (C=O) groups is 1. The van der Waals surface area contributed by atoms with E-state index in [0.29, 0.717) is 26.2 Å². The maximum Gasteiger partial charge on any atom is 0.224 e. The molecule has 2 fully saturated rings. The van der Waals surface area contributed by atoms with Crippen LogP contribution in [0.25, 0.3) is 0 Å². The summed E-state index contributed by atoms with van der Waals surface area (Å²) in [5.41, 5.74) is 2.20. The summed E-state index contributed by atoms with van der Waals surface area (Å²) in [6.45, 7) is 6.98. The fourth-order valence-corrected chi connectivity index (χ4v) is 3.88. The third-order valence-corrected chi connectivity index (χ3v) is 5.53. The zero-order chi connectivity index (χ0) is 19.9. The van der Waals surface area contributed by atoms with Gasteiger partial charge in [0, 0.05) is 38.4 Å². The van der Waals surface area contributed by atoms with Crippen LogP contribution in [0, 0.1) is 0 Å². The van der Waals surface area contributed by atoms with Gasteiger partial charge in [-0.2, -0.15) is 0 Å². The second-order valence-electron chi connectivity index (χ2n) is 7.43. The van der Waals surface area contributed by atoms with Crippen LogP contribution in [0.1, 0.15) is 17.4 Å². The summed E-state index contributed by atoms with van der Waals surface area (Å²) in [7, 11) is 0. The largest absolute Gasteiger partial charge is 0.468 e. The van der Waals surface area contributed by atoms with E-state index < -0.39 is 0 Å². The van der Waals surface area contributed by atoms with Gasteiger partial charge in [0.1, 0.15) is 5.76 Å². The van der Waals surface area contributed by atoms with Crippen LogP contribution in [0.2, 0.25) is 0 Å². The molecule has 0 spiro atoms. The highest BCUT2D eigenvalue weighted by Gasteiger charge is 2.25. The molecule has 3 heterocycles. The van der Waals surface area contributed by atoms with Crippen molar-refractivity contribution in [1.29, 1.82) is 0 Å². The molecule has 2 aliphatic rings. The molecule has 7 heteroatoms. The zero-order valence-corrected chi connectivity index (χ0v) is 16.7. The second-order valence-corrected chi connectivity index (χ2v) is 7.43. The Kier molecular flexibility index (Phi) is 6.82. The molecule has 2 aliphatic heterocycles. The van der Waals surface area contributed by atoms with Crippen LogP contribution in [0.3, 0.4) is 0 Å². The number of ether oxygens (including phenoxy) is 2. The third-order valence-electron chi connectivity index (χ3n) is 5.53. The maximum absolute atomic E-state index is 12.5. The van der Waals surface area contributed by atoms with Gasteiger partial charge in [0.15, 0.2) is 0 Å². The number of furan rings is 1. The van der Waals surface area contributed by atoms with E-state index in [0.717, 1.165) is 50.7 Å². The van der Waals surface area contributed by atoms with Crippen molar-refractivity contribution in [2.45, 2.75) is 12.5 Å². The normalized spacial score (nSPS) is 19.1. The van der Waals surface area contributed by atoms with Gasteiger partial charge in [-0.1, -0.05) is 12.1 Å². The Morgan fingerprint density at radius 2 is 1.66 bits per heavy atom. The van der Waals surface area contributed by atoms with Gasteiger partial charge in [-0.05, 0) is 29.8 Å². The van der Waals surface area contributed by atoms with Gasteiger partial charge >= 0.3 is 0 Å². The third kappa shape index (κ3) is 5.38. The first-order chi connectivity index (χ1) is 14.3. The molecule has 0 radical (unpaired) electrons. The molecule has 0 saturated carbocycles. The number of anilines is 1. The van der Waals surface area contributed by atoms with Crippen LogP contribution < -0.4 is 10.2 Å². The molecule has 7 nitrogen and oxygen atoms in total. The van der Waals surface area contributed by atoms with Gasteiger partial charge in [-0.3, -0.25) is 9.69 Å². The number of rotatable bonds is 7. The Balaban J connectivity index is 1.31. The van der Waals surface area contributed by atoms with Gasteiger partial charge in [0.2, 0.25) is 5.91 Å². The number of carbonyl (C=O) groups excluding carboxylic acids is 1. The Morgan fingerprint density at radius 1 is 0.966 bits per heavy atom. The van der Waals surface area contributed by atoms with Crippen molar-refractivity contribution in [2.24, 2.45) is 0 Å². The van der Waals surface area contributed by atoms with Crippen LogP contribution in [-0.2, 0) is 20.7 Å². The minimum Gasteiger partial charge on any atom is -0.468 e. The summed E-state index contributed by atoms with van der Waals surface area (Å²) >= 11 is 0. The summed E-state index contributed by atoms with van der Waals surface area (Å²) in [6.07, 6.45) is 2.05. The fourth-order valence-electron chi connectivity index (χ4n) is 3.88.